The number of hydrogen-bond acceptors (Lipinski definition) is 4. The summed E-state index contributed by atoms with van der Waals surface area (Å²) in [6, 6.07) is 15.4. The van der Waals surface area contributed by atoms with E-state index in [-0.39, 0.29) is 24.1 Å². The van der Waals surface area contributed by atoms with Crippen LogP contribution in [0.15, 0.2) is 59.0 Å². The number of ether oxygens (including phenoxy) is 1. The summed E-state index contributed by atoms with van der Waals surface area (Å²) < 4.78 is 11.2. The van der Waals surface area contributed by atoms with E-state index < -0.39 is 0 Å². The number of ketones is 1. The predicted octanol–water partition coefficient (Wildman–Crippen LogP) is 5.28. The van der Waals surface area contributed by atoms with Gasteiger partial charge in [0.15, 0.2) is 11.5 Å². The van der Waals surface area contributed by atoms with Crippen LogP contribution < -0.4 is 10.1 Å². The molecule has 0 radical (unpaired) electrons. The molecule has 0 fully saturated rings. The quantitative estimate of drug-likeness (QED) is 0.588. The number of carbonyl (C=O) groups excluding carboxylic acids is 2. The first-order valence-corrected chi connectivity index (χ1v) is 8.70. The fraction of sp³-hybridized carbons (Fsp3) is 0.143. The molecular formula is C21H18ClNO4. The number of aryl methyl sites for hydroxylation is 1. The molecule has 3 rings (SSSR count). The number of halogens is 1. The van der Waals surface area contributed by atoms with Crippen molar-refractivity contribution in [3.63, 3.8) is 0 Å². The molecule has 1 amide bonds. The maximum atomic E-state index is 12.3. The van der Waals surface area contributed by atoms with Crippen molar-refractivity contribution < 1.29 is 18.7 Å². The second kappa shape index (κ2) is 8.10. The number of hydrogen-bond donors (Lipinski definition) is 1. The van der Waals surface area contributed by atoms with Crippen LogP contribution in [0.3, 0.4) is 0 Å². The first-order chi connectivity index (χ1) is 12.9. The lowest BCUT2D eigenvalue weighted by atomic mass is 10.1. The lowest BCUT2D eigenvalue weighted by Crippen LogP contribution is -2.11. The van der Waals surface area contributed by atoms with Crippen LogP contribution >= 0.6 is 11.6 Å². The molecule has 0 aliphatic carbocycles. The second-order valence-corrected chi connectivity index (χ2v) is 6.49. The highest BCUT2D eigenvalue weighted by Gasteiger charge is 2.13. The molecule has 1 N–H and O–H groups in total. The van der Waals surface area contributed by atoms with E-state index in [0.29, 0.717) is 27.8 Å². The Kier molecular flexibility index (Phi) is 5.62. The molecule has 5 nitrogen and oxygen atoms in total. The summed E-state index contributed by atoms with van der Waals surface area (Å²) in [4.78, 5) is 23.6. The van der Waals surface area contributed by atoms with E-state index >= 15 is 0 Å². The molecule has 27 heavy (non-hydrogen) atoms. The highest BCUT2D eigenvalue weighted by Crippen LogP contribution is 2.22. The molecule has 0 spiro atoms. The van der Waals surface area contributed by atoms with Crippen LogP contribution in [-0.2, 0) is 6.61 Å². The van der Waals surface area contributed by atoms with Crippen LogP contribution in [0, 0.1) is 6.92 Å². The Hall–Kier alpha value is -3.05. The van der Waals surface area contributed by atoms with E-state index in [2.05, 4.69) is 5.32 Å². The van der Waals surface area contributed by atoms with Crippen molar-refractivity contribution in [2.45, 2.75) is 20.5 Å². The van der Waals surface area contributed by atoms with Gasteiger partial charge in [0.25, 0.3) is 5.91 Å². The summed E-state index contributed by atoms with van der Waals surface area (Å²) in [5.74, 6) is 0.936. The van der Waals surface area contributed by atoms with Gasteiger partial charge in [-0.25, -0.2) is 0 Å². The zero-order valence-electron chi connectivity index (χ0n) is 14.9. The summed E-state index contributed by atoms with van der Waals surface area (Å²) in [7, 11) is 0. The summed E-state index contributed by atoms with van der Waals surface area (Å²) in [5, 5.41) is 3.32. The molecule has 1 heterocycles. The molecule has 3 aromatic rings. The van der Waals surface area contributed by atoms with Gasteiger partial charge in [-0.05, 0) is 67.9 Å². The number of furan rings is 1. The van der Waals surface area contributed by atoms with Gasteiger partial charge in [-0.1, -0.05) is 17.7 Å². The van der Waals surface area contributed by atoms with Crippen molar-refractivity contribution >= 4 is 29.0 Å². The van der Waals surface area contributed by atoms with Crippen LogP contribution in [-0.4, -0.2) is 11.7 Å². The zero-order valence-corrected chi connectivity index (χ0v) is 15.7. The monoisotopic (exact) mass is 383 g/mol. The standard InChI is InChI=1S/C21H18ClNO4/c1-13-3-6-16(22)11-19(13)23-21(25)20-10-9-18(27-20)12-26-17-7-4-15(5-8-17)14(2)24/h3-11H,12H2,1-2H3,(H,23,25). The Morgan fingerprint density at radius 1 is 1.07 bits per heavy atom. The molecular weight excluding hydrogens is 366 g/mol. The summed E-state index contributed by atoms with van der Waals surface area (Å²) in [5.41, 5.74) is 2.15. The third-order valence-corrected chi connectivity index (χ3v) is 4.21. The highest BCUT2D eigenvalue weighted by molar-refractivity contribution is 6.31. The summed E-state index contributed by atoms with van der Waals surface area (Å²) >= 11 is 5.97. The second-order valence-electron chi connectivity index (χ2n) is 6.05. The van der Waals surface area contributed by atoms with E-state index in [1.165, 1.54) is 6.92 Å². The lowest BCUT2D eigenvalue weighted by molar-refractivity contribution is 0.0990. The SMILES string of the molecule is CC(=O)c1ccc(OCc2ccc(C(=O)Nc3cc(Cl)ccc3C)o2)cc1. The van der Waals surface area contributed by atoms with Crippen molar-refractivity contribution in [1.82, 2.24) is 0 Å². The molecule has 0 unspecified atom stereocenters. The van der Waals surface area contributed by atoms with Crippen LogP contribution in [0.4, 0.5) is 5.69 Å². The van der Waals surface area contributed by atoms with E-state index in [0.717, 1.165) is 5.56 Å². The highest BCUT2D eigenvalue weighted by atomic mass is 35.5. The smallest absolute Gasteiger partial charge is 0.291 e. The number of carbonyl (C=O) groups is 2. The minimum absolute atomic E-state index is 0.00169. The fourth-order valence-electron chi connectivity index (χ4n) is 2.43. The molecule has 6 heteroatoms. The largest absolute Gasteiger partial charge is 0.486 e. The third-order valence-electron chi connectivity index (χ3n) is 3.98. The van der Waals surface area contributed by atoms with E-state index in [4.69, 9.17) is 20.8 Å². The van der Waals surface area contributed by atoms with Crippen molar-refractivity contribution in [3.05, 3.63) is 82.3 Å². The molecule has 0 bridgehead atoms. The molecule has 1 aromatic heterocycles. The first kappa shape index (κ1) is 18.7. The number of nitrogens with one attached hydrogen (secondary N) is 1. The van der Waals surface area contributed by atoms with Gasteiger partial charge in [0.2, 0.25) is 0 Å². The van der Waals surface area contributed by atoms with Crippen LogP contribution in [0.5, 0.6) is 5.75 Å². The van der Waals surface area contributed by atoms with Crippen LogP contribution in [0.25, 0.3) is 0 Å². The van der Waals surface area contributed by atoms with Crippen molar-refractivity contribution in [2.75, 3.05) is 5.32 Å². The topological polar surface area (TPSA) is 68.5 Å². The molecule has 0 aliphatic heterocycles. The lowest BCUT2D eigenvalue weighted by Gasteiger charge is -2.07. The van der Waals surface area contributed by atoms with Crippen molar-refractivity contribution in [2.24, 2.45) is 0 Å². The average Bonchev–Trinajstić information content (AvgIpc) is 3.12. The van der Waals surface area contributed by atoms with E-state index in [1.807, 2.05) is 13.0 Å². The first-order valence-electron chi connectivity index (χ1n) is 8.32. The minimum Gasteiger partial charge on any atom is -0.486 e. The van der Waals surface area contributed by atoms with E-state index in [9.17, 15) is 9.59 Å². The Morgan fingerprint density at radius 3 is 2.52 bits per heavy atom. The number of amides is 1. The van der Waals surface area contributed by atoms with Gasteiger partial charge in [0.05, 0.1) is 0 Å². The Labute approximate surface area is 161 Å². The molecule has 0 atom stereocenters. The Balaban J connectivity index is 1.61. The van der Waals surface area contributed by atoms with Crippen LogP contribution in [0.2, 0.25) is 5.02 Å². The predicted molar refractivity (Wildman–Crippen MR) is 104 cm³/mol. The molecule has 0 aliphatic rings. The van der Waals surface area contributed by atoms with Gasteiger partial charge in [0, 0.05) is 16.3 Å². The van der Waals surface area contributed by atoms with E-state index in [1.54, 1.807) is 48.5 Å². The Morgan fingerprint density at radius 2 is 1.81 bits per heavy atom. The molecule has 0 saturated heterocycles. The minimum atomic E-state index is -0.363. The maximum Gasteiger partial charge on any atom is 0.291 e. The normalized spacial score (nSPS) is 10.5. The van der Waals surface area contributed by atoms with Crippen molar-refractivity contribution in [1.29, 1.82) is 0 Å². The molecule has 138 valence electrons. The van der Waals surface area contributed by atoms with Gasteiger partial charge < -0.3 is 14.5 Å². The van der Waals surface area contributed by atoms with Gasteiger partial charge >= 0.3 is 0 Å². The number of rotatable bonds is 6. The maximum absolute atomic E-state index is 12.3. The van der Waals surface area contributed by atoms with Gasteiger partial charge in [-0.15, -0.1) is 0 Å². The number of benzene rings is 2. The fourth-order valence-corrected chi connectivity index (χ4v) is 2.60. The molecule has 2 aromatic carbocycles. The summed E-state index contributed by atoms with van der Waals surface area (Å²) in [6.45, 7) is 3.56. The third kappa shape index (κ3) is 4.77. The zero-order chi connectivity index (χ0) is 19.4. The molecule has 0 saturated carbocycles. The average molecular weight is 384 g/mol. The Bertz CT molecular complexity index is 976. The summed E-state index contributed by atoms with van der Waals surface area (Å²) in [6.07, 6.45) is 0. The van der Waals surface area contributed by atoms with Crippen LogP contribution in [0.1, 0.15) is 39.2 Å². The van der Waals surface area contributed by atoms with Gasteiger partial charge in [-0.3, -0.25) is 9.59 Å². The number of Topliss-reactive ketones (excluding diaryl/α,β-unsaturated/α-hetero) is 1. The van der Waals surface area contributed by atoms with Gasteiger partial charge in [-0.2, -0.15) is 0 Å². The number of anilines is 1. The van der Waals surface area contributed by atoms with Gasteiger partial charge in [0.1, 0.15) is 18.1 Å². The van der Waals surface area contributed by atoms with Crippen molar-refractivity contribution in [3.8, 4) is 5.75 Å².